The summed E-state index contributed by atoms with van der Waals surface area (Å²) in [5, 5.41) is 4.81. The molecule has 0 aliphatic rings. The maximum Gasteiger partial charge on any atom is 0.131 e. The number of nitrogens with zero attached hydrogens (tertiary/aromatic N) is 4. The number of allylic oxidation sites excluding steroid dienone is 1. The lowest BCUT2D eigenvalue weighted by atomic mass is 9.98. The number of para-hydroxylation sites is 2. The van der Waals surface area contributed by atoms with E-state index in [2.05, 4.69) is 197 Å². The summed E-state index contributed by atoms with van der Waals surface area (Å²) in [6.07, 6.45) is 6.69. The molecule has 12 rings (SSSR count). The van der Waals surface area contributed by atoms with Crippen LogP contribution in [-0.4, -0.2) is 20.0 Å². The van der Waals surface area contributed by atoms with Gasteiger partial charge in [0.1, 0.15) is 5.84 Å². The van der Waals surface area contributed by atoms with E-state index in [1.165, 1.54) is 43.8 Å². The van der Waals surface area contributed by atoms with E-state index in [0.717, 1.165) is 67.0 Å². The maximum atomic E-state index is 6.78. The molecule has 68 heavy (non-hydrogen) atoms. The maximum absolute atomic E-state index is 6.78. The summed E-state index contributed by atoms with van der Waals surface area (Å²) in [5.41, 5.74) is 24.1. The van der Waals surface area contributed by atoms with Gasteiger partial charge in [0.15, 0.2) is 0 Å². The number of amidine groups is 1. The summed E-state index contributed by atoms with van der Waals surface area (Å²) < 4.78 is 4.83. The van der Waals surface area contributed by atoms with E-state index in [4.69, 9.17) is 15.7 Å². The largest absolute Gasteiger partial charge is 0.383 e. The zero-order chi connectivity index (χ0) is 45.4. The average Bonchev–Trinajstić information content (AvgIpc) is 3.92. The van der Waals surface area contributed by atoms with Crippen LogP contribution in [0.5, 0.6) is 0 Å². The third kappa shape index (κ3) is 7.33. The minimum Gasteiger partial charge on any atom is -0.383 e. The summed E-state index contributed by atoms with van der Waals surface area (Å²) >= 11 is 0. The molecule has 0 aliphatic heterocycles. The van der Waals surface area contributed by atoms with Crippen LogP contribution < -0.4 is 5.73 Å². The van der Waals surface area contributed by atoms with Gasteiger partial charge >= 0.3 is 0 Å². The van der Waals surface area contributed by atoms with Crippen LogP contribution >= 0.6 is 0 Å². The molecule has 5 heteroatoms. The molecule has 3 aromatic heterocycles. The summed E-state index contributed by atoms with van der Waals surface area (Å²) in [7, 11) is 0. The third-order valence-corrected chi connectivity index (χ3v) is 13.1. The van der Waals surface area contributed by atoms with Crippen LogP contribution in [0.4, 0.5) is 0 Å². The number of benzene rings is 9. The molecule has 0 bridgehead atoms. The average molecular weight is 872 g/mol. The fraction of sp³-hybridized carbons (Fsp3) is 0.0159. The molecule has 2 N–H and O–H groups in total. The van der Waals surface area contributed by atoms with Crippen LogP contribution in [0.3, 0.4) is 0 Å². The molecule has 0 fully saturated rings. The molecule has 3 heterocycles. The van der Waals surface area contributed by atoms with Gasteiger partial charge in [-0.3, -0.25) is 4.98 Å². The first-order valence-corrected chi connectivity index (χ1v) is 23.1. The topological polar surface area (TPSA) is 61.1 Å². The van der Waals surface area contributed by atoms with Crippen molar-refractivity contribution in [3.63, 3.8) is 0 Å². The molecule has 5 nitrogen and oxygen atoms in total. The molecule has 0 unspecified atom stereocenters. The van der Waals surface area contributed by atoms with Crippen molar-refractivity contribution in [1.82, 2.24) is 14.1 Å². The third-order valence-electron chi connectivity index (χ3n) is 13.1. The van der Waals surface area contributed by atoms with Crippen molar-refractivity contribution in [2.45, 2.75) is 6.42 Å². The fourth-order valence-corrected chi connectivity index (χ4v) is 9.87. The van der Waals surface area contributed by atoms with E-state index in [9.17, 15) is 0 Å². The Hall–Kier alpha value is -9.06. The van der Waals surface area contributed by atoms with Gasteiger partial charge in [-0.25, -0.2) is 4.99 Å². The van der Waals surface area contributed by atoms with Crippen LogP contribution in [0.15, 0.2) is 254 Å². The molecular formula is C63H45N5. The minimum atomic E-state index is 0.465. The second-order valence-electron chi connectivity index (χ2n) is 17.2. The highest BCUT2D eigenvalue weighted by Crippen LogP contribution is 2.41. The molecule has 12 aromatic rings. The van der Waals surface area contributed by atoms with E-state index in [-0.39, 0.29) is 0 Å². The van der Waals surface area contributed by atoms with Crippen molar-refractivity contribution in [3.05, 3.63) is 266 Å². The molecule has 9 aromatic carbocycles. The SMILES string of the molecule is NC(=N/C(=C\Cc1cc(-c2cnccc2-n2c3ccccc3c3ccccc32)ccc1-n1c2ccc(-c3ccccc3)cc2c2cc(-c3ccccc3)ccc21)c1ccccc1)c1ccccc1. The molecule has 0 aliphatic carbocycles. The van der Waals surface area contributed by atoms with Gasteiger partial charge in [-0.2, -0.15) is 0 Å². The van der Waals surface area contributed by atoms with Gasteiger partial charge in [0.05, 0.1) is 33.5 Å². The van der Waals surface area contributed by atoms with Crippen LogP contribution in [0.2, 0.25) is 0 Å². The smallest absolute Gasteiger partial charge is 0.131 e. The van der Waals surface area contributed by atoms with Crippen LogP contribution in [0, 0.1) is 0 Å². The Kier molecular flexibility index (Phi) is 10.3. The molecule has 0 amide bonds. The predicted molar refractivity (Wildman–Crippen MR) is 285 cm³/mol. The van der Waals surface area contributed by atoms with Crippen LogP contribution in [-0.2, 0) is 6.42 Å². The van der Waals surface area contributed by atoms with Gasteiger partial charge < -0.3 is 14.9 Å². The molecule has 0 spiro atoms. The monoisotopic (exact) mass is 871 g/mol. The van der Waals surface area contributed by atoms with E-state index in [1.54, 1.807) is 0 Å². The number of hydrogen-bond donors (Lipinski definition) is 1. The number of rotatable bonds is 10. The Labute approximate surface area is 395 Å². The number of hydrogen-bond acceptors (Lipinski definition) is 2. The van der Waals surface area contributed by atoms with Gasteiger partial charge in [0.2, 0.25) is 0 Å². The van der Waals surface area contributed by atoms with E-state index in [0.29, 0.717) is 12.3 Å². The first-order valence-electron chi connectivity index (χ1n) is 23.1. The van der Waals surface area contributed by atoms with Crippen LogP contribution in [0.25, 0.3) is 94.1 Å². The van der Waals surface area contributed by atoms with Crippen LogP contribution in [0.1, 0.15) is 16.7 Å². The summed E-state index contributed by atoms with van der Waals surface area (Å²) in [4.78, 5) is 9.88. The Morgan fingerprint density at radius 1 is 0.426 bits per heavy atom. The normalized spacial score (nSPS) is 12.1. The fourth-order valence-electron chi connectivity index (χ4n) is 9.87. The first-order chi connectivity index (χ1) is 33.7. The highest BCUT2D eigenvalue weighted by molar-refractivity contribution is 6.12. The molecule has 0 radical (unpaired) electrons. The van der Waals surface area contributed by atoms with Crippen molar-refractivity contribution < 1.29 is 0 Å². The Morgan fingerprint density at radius 2 is 0.912 bits per heavy atom. The summed E-state index contributed by atoms with van der Waals surface area (Å²) in [6, 6.07) is 81.7. The Balaban J connectivity index is 1.10. The Bertz CT molecular complexity index is 3710. The lowest BCUT2D eigenvalue weighted by molar-refractivity contribution is 1.11. The number of pyridine rings is 1. The van der Waals surface area contributed by atoms with E-state index in [1.807, 2.05) is 60.9 Å². The molecule has 0 atom stereocenters. The zero-order valence-electron chi connectivity index (χ0n) is 37.2. The number of fused-ring (bicyclic) bond motifs is 6. The zero-order valence-corrected chi connectivity index (χ0v) is 37.2. The van der Waals surface area contributed by atoms with E-state index < -0.39 is 0 Å². The molecular weight excluding hydrogens is 827 g/mol. The summed E-state index contributed by atoms with van der Waals surface area (Å²) in [5.74, 6) is 0.465. The van der Waals surface area contributed by atoms with Crippen molar-refractivity contribution in [2.24, 2.45) is 10.7 Å². The van der Waals surface area contributed by atoms with Gasteiger partial charge in [0.25, 0.3) is 0 Å². The van der Waals surface area contributed by atoms with Gasteiger partial charge in [-0.15, -0.1) is 0 Å². The van der Waals surface area contributed by atoms with Gasteiger partial charge in [0, 0.05) is 50.8 Å². The van der Waals surface area contributed by atoms with Crippen molar-refractivity contribution in [1.29, 1.82) is 0 Å². The van der Waals surface area contributed by atoms with Gasteiger partial charge in [-0.1, -0.05) is 182 Å². The lowest BCUT2D eigenvalue weighted by Crippen LogP contribution is -2.13. The minimum absolute atomic E-state index is 0.465. The number of aliphatic imine (C=N–C) groups is 1. The second kappa shape index (κ2) is 17.4. The molecule has 0 saturated heterocycles. The lowest BCUT2D eigenvalue weighted by Gasteiger charge is -2.18. The quantitative estimate of drug-likeness (QED) is 0.110. The Morgan fingerprint density at radius 3 is 1.50 bits per heavy atom. The molecule has 0 saturated carbocycles. The first kappa shape index (κ1) is 40.4. The van der Waals surface area contributed by atoms with Gasteiger partial charge in [-0.05, 0) is 100.0 Å². The van der Waals surface area contributed by atoms with Crippen molar-refractivity contribution >= 4 is 55.1 Å². The predicted octanol–water partition coefficient (Wildman–Crippen LogP) is 15.3. The molecule has 322 valence electrons. The second-order valence-corrected chi connectivity index (χ2v) is 17.2. The van der Waals surface area contributed by atoms with Crippen molar-refractivity contribution in [2.75, 3.05) is 0 Å². The van der Waals surface area contributed by atoms with E-state index >= 15 is 0 Å². The number of aromatic nitrogens is 3. The van der Waals surface area contributed by atoms with Crippen molar-refractivity contribution in [3.8, 4) is 44.8 Å². The number of nitrogens with two attached hydrogens (primary N) is 1. The highest BCUT2D eigenvalue weighted by Gasteiger charge is 2.20. The standard InChI is InChI=1S/C63H45N5/c64-63(46-23-11-4-12-24-46)66-56(45-21-9-3-10-22-45)33-29-50-39-49(55-42-65-38-37-62(55)68-58-27-15-13-25-51(58)52-26-14-16-28-59(52)68)32-34-57(50)67-60-35-30-47(43-17-5-1-6-18-43)40-53(60)54-41-48(31-36-61(54)67)44-19-7-2-8-20-44/h1-28,30-42H,29H2,(H2,64,66)/b56-33-. The summed E-state index contributed by atoms with van der Waals surface area (Å²) in [6.45, 7) is 0. The highest BCUT2D eigenvalue weighted by atomic mass is 15.0.